The van der Waals surface area contributed by atoms with Gasteiger partial charge in [-0.2, -0.15) is 10.1 Å². The molecule has 0 atom stereocenters. The summed E-state index contributed by atoms with van der Waals surface area (Å²) in [7, 11) is 0. The molecule has 0 amide bonds. The molecule has 2 aromatic heterocycles. The molecule has 1 saturated carbocycles. The van der Waals surface area contributed by atoms with Gasteiger partial charge in [-0.05, 0) is 31.0 Å². The number of nitrogens with zero attached hydrogens (tertiary/aromatic N) is 5. The standard InChI is InChI=1S/C16H13F2N5O3/c17-15(18)12-7-13(9-1-2-9)22(20-12)8-14-19-16(21-26-14)10-3-5-11(6-4-10)23(24)25/h3-7,9,15H,1-2,8H2. The van der Waals surface area contributed by atoms with Crippen molar-refractivity contribution >= 4 is 5.69 Å². The van der Waals surface area contributed by atoms with Crippen molar-refractivity contribution in [2.45, 2.75) is 31.7 Å². The maximum atomic E-state index is 12.9. The Hall–Kier alpha value is -3.17. The van der Waals surface area contributed by atoms with Crippen LogP contribution in [-0.4, -0.2) is 24.8 Å². The number of alkyl halides is 2. The highest BCUT2D eigenvalue weighted by Crippen LogP contribution is 2.41. The molecule has 8 nitrogen and oxygen atoms in total. The Bertz CT molecular complexity index is 947. The van der Waals surface area contributed by atoms with E-state index >= 15 is 0 Å². The van der Waals surface area contributed by atoms with Gasteiger partial charge in [0.15, 0.2) is 0 Å². The normalized spacial score (nSPS) is 14.1. The minimum absolute atomic E-state index is 0.0392. The first-order valence-electron chi connectivity index (χ1n) is 7.94. The highest BCUT2D eigenvalue weighted by molar-refractivity contribution is 5.56. The molecular formula is C16H13F2N5O3. The van der Waals surface area contributed by atoms with Gasteiger partial charge in [0.25, 0.3) is 12.1 Å². The summed E-state index contributed by atoms with van der Waals surface area (Å²) in [5, 5.41) is 18.5. The molecule has 1 fully saturated rings. The minimum atomic E-state index is -2.63. The van der Waals surface area contributed by atoms with Crippen LogP contribution in [0, 0.1) is 10.1 Å². The van der Waals surface area contributed by atoms with Crippen molar-refractivity contribution in [3.63, 3.8) is 0 Å². The molecule has 2 heterocycles. The third kappa shape index (κ3) is 3.17. The highest BCUT2D eigenvalue weighted by Gasteiger charge is 2.30. The molecule has 4 rings (SSSR count). The highest BCUT2D eigenvalue weighted by atomic mass is 19.3. The van der Waals surface area contributed by atoms with Gasteiger partial charge in [-0.1, -0.05) is 5.16 Å². The van der Waals surface area contributed by atoms with Crippen LogP contribution in [0.5, 0.6) is 0 Å². The number of non-ortho nitro benzene ring substituents is 1. The zero-order valence-electron chi connectivity index (χ0n) is 13.4. The Balaban J connectivity index is 1.56. The summed E-state index contributed by atoms with van der Waals surface area (Å²) in [5.74, 6) is 0.736. The van der Waals surface area contributed by atoms with Gasteiger partial charge in [0.2, 0.25) is 11.7 Å². The number of nitro benzene ring substituents is 1. The van der Waals surface area contributed by atoms with Crippen LogP contribution >= 0.6 is 0 Å². The Kier molecular flexibility index (Phi) is 3.94. The molecule has 0 radical (unpaired) electrons. The van der Waals surface area contributed by atoms with E-state index in [-0.39, 0.29) is 35.6 Å². The molecule has 0 aliphatic heterocycles. The van der Waals surface area contributed by atoms with Crippen molar-refractivity contribution in [1.82, 2.24) is 19.9 Å². The molecule has 1 aliphatic carbocycles. The lowest BCUT2D eigenvalue weighted by Crippen LogP contribution is -2.06. The lowest BCUT2D eigenvalue weighted by Gasteiger charge is -2.02. The monoisotopic (exact) mass is 361 g/mol. The van der Waals surface area contributed by atoms with Gasteiger partial charge >= 0.3 is 0 Å². The number of halogens is 2. The maximum Gasteiger partial charge on any atom is 0.282 e. The molecule has 1 aromatic carbocycles. The van der Waals surface area contributed by atoms with E-state index in [1.54, 1.807) is 0 Å². The summed E-state index contributed by atoms with van der Waals surface area (Å²) in [4.78, 5) is 14.4. The van der Waals surface area contributed by atoms with Gasteiger partial charge in [-0.3, -0.25) is 14.8 Å². The van der Waals surface area contributed by atoms with Crippen LogP contribution in [0.4, 0.5) is 14.5 Å². The van der Waals surface area contributed by atoms with Crippen LogP contribution in [0.15, 0.2) is 34.9 Å². The van der Waals surface area contributed by atoms with Crippen molar-refractivity contribution in [2.75, 3.05) is 0 Å². The Morgan fingerprint density at radius 3 is 2.65 bits per heavy atom. The van der Waals surface area contributed by atoms with E-state index in [1.807, 2.05) is 0 Å². The molecule has 1 aliphatic rings. The number of hydrogen-bond donors (Lipinski definition) is 0. The topological polar surface area (TPSA) is 99.9 Å². The predicted molar refractivity (Wildman–Crippen MR) is 84.6 cm³/mol. The van der Waals surface area contributed by atoms with Crippen LogP contribution in [0.1, 0.15) is 42.5 Å². The Morgan fingerprint density at radius 2 is 2.04 bits per heavy atom. The molecule has 0 unspecified atom stereocenters. The van der Waals surface area contributed by atoms with Gasteiger partial charge in [0, 0.05) is 29.3 Å². The van der Waals surface area contributed by atoms with Crippen LogP contribution < -0.4 is 0 Å². The van der Waals surface area contributed by atoms with Gasteiger partial charge < -0.3 is 4.52 Å². The second-order valence-corrected chi connectivity index (χ2v) is 6.04. The van der Waals surface area contributed by atoms with E-state index in [4.69, 9.17) is 4.52 Å². The van der Waals surface area contributed by atoms with E-state index in [0.717, 1.165) is 18.5 Å². The summed E-state index contributed by atoms with van der Waals surface area (Å²) in [5.41, 5.74) is 1.00. The second kappa shape index (κ2) is 6.28. The number of aromatic nitrogens is 4. The molecule has 0 saturated heterocycles. The summed E-state index contributed by atoms with van der Waals surface area (Å²) in [6.07, 6.45) is -0.731. The average Bonchev–Trinajstić information content (AvgIpc) is 3.21. The fraction of sp³-hybridized carbons (Fsp3) is 0.312. The summed E-state index contributed by atoms with van der Waals surface area (Å²) in [6.45, 7) is 0.0958. The first kappa shape index (κ1) is 16.3. The first-order valence-corrected chi connectivity index (χ1v) is 7.94. The fourth-order valence-electron chi connectivity index (χ4n) is 2.69. The van der Waals surface area contributed by atoms with Gasteiger partial charge in [0.05, 0.1) is 4.92 Å². The van der Waals surface area contributed by atoms with Crippen LogP contribution in [0.25, 0.3) is 11.4 Å². The van der Waals surface area contributed by atoms with E-state index in [9.17, 15) is 18.9 Å². The van der Waals surface area contributed by atoms with Crippen molar-refractivity contribution in [3.8, 4) is 11.4 Å². The largest absolute Gasteiger partial charge is 0.337 e. The van der Waals surface area contributed by atoms with E-state index < -0.39 is 11.3 Å². The maximum absolute atomic E-state index is 12.9. The smallest absolute Gasteiger partial charge is 0.282 e. The van der Waals surface area contributed by atoms with Crippen molar-refractivity contribution in [1.29, 1.82) is 0 Å². The molecule has 10 heteroatoms. The zero-order chi connectivity index (χ0) is 18.3. The molecule has 134 valence electrons. The van der Waals surface area contributed by atoms with Crippen LogP contribution in [0.2, 0.25) is 0 Å². The number of hydrogen-bond acceptors (Lipinski definition) is 6. The lowest BCUT2D eigenvalue weighted by molar-refractivity contribution is -0.384. The van der Waals surface area contributed by atoms with Gasteiger partial charge in [0.1, 0.15) is 12.2 Å². The molecule has 0 spiro atoms. The van der Waals surface area contributed by atoms with E-state index in [0.29, 0.717) is 5.56 Å². The third-order valence-electron chi connectivity index (χ3n) is 4.14. The molecule has 3 aromatic rings. The van der Waals surface area contributed by atoms with Crippen LogP contribution in [-0.2, 0) is 6.54 Å². The fourth-order valence-corrected chi connectivity index (χ4v) is 2.69. The summed E-state index contributed by atoms with van der Waals surface area (Å²) in [6, 6.07) is 7.16. The van der Waals surface area contributed by atoms with Gasteiger partial charge in [-0.15, -0.1) is 0 Å². The molecule has 0 bridgehead atoms. The SMILES string of the molecule is O=[N+]([O-])c1ccc(-c2noc(Cn3nc(C(F)F)cc3C3CC3)n2)cc1. The van der Waals surface area contributed by atoms with Crippen molar-refractivity contribution < 1.29 is 18.2 Å². The lowest BCUT2D eigenvalue weighted by atomic mass is 10.2. The summed E-state index contributed by atoms with van der Waals surface area (Å²) >= 11 is 0. The van der Waals surface area contributed by atoms with Crippen molar-refractivity contribution in [2.24, 2.45) is 0 Å². The average molecular weight is 361 g/mol. The molecule has 26 heavy (non-hydrogen) atoms. The zero-order valence-corrected chi connectivity index (χ0v) is 13.4. The Labute approximate surface area is 145 Å². The first-order chi connectivity index (χ1) is 12.5. The van der Waals surface area contributed by atoms with Crippen LogP contribution in [0.3, 0.4) is 0 Å². The Morgan fingerprint density at radius 1 is 1.31 bits per heavy atom. The van der Waals surface area contributed by atoms with E-state index in [2.05, 4.69) is 15.2 Å². The molecular weight excluding hydrogens is 348 g/mol. The van der Waals surface area contributed by atoms with Crippen molar-refractivity contribution in [3.05, 3.63) is 57.7 Å². The second-order valence-electron chi connectivity index (χ2n) is 6.04. The van der Waals surface area contributed by atoms with Gasteiger partial charge in [-0.25, -0.2) is 8.78 Å². The van der Waals surface area contributed by atoms with E-state index in [1.165, 1.54) is 35.0 Å². The third-order valence-corrected chi connectivity index (χ3v) is 4.14. The number of nitro groups is 1. The molecule has 0 N–H and O–H groups in total. The minimum Gasteiger partial charge on any atom is -0.337 e. The predicted octanol–water partition coefficient (Wildman–Crippen LogP) is 3.70. The quantitative estimate of drug-likeness (QED) is 0.490. The number of rotatable bonds is 6. The number of benzene rings is 1. The summed E-state index contributed by atoms with van der Waals surface area (Å²) < 4.78 is 32.5.